The predicted octanol–water partition coefficient (Wildman–Crippen LogP) is 3.84. The van der Waals surface area contributed by atoms with Crippen molar-refractivity contribution >= 4 is 27.5 Å². The van der Waals surface area contributed by atoms with Gasteiger partial charge < -0.3 is 19.7 Å². The lowest BCUT2D eigenvalue weighted by molar-refractivity contribution is -0.139. The van der Waals surface area contributed by atoms with Crippen molar-refractivity contribution in [2.24, 2.45) is 0 Å². The van der Waals surface area contributed by atoms with Crippen LogP contribution < -0.4 is 19.1 Å². The number of nitrogens with one attached hydrogen (secondary N) is 1. The number of nitrogens with zero attached hydrogens (tertiary/aromatic N) is 2. The highest BCUT2D eigenvalue weighted by atomic mass is 32.2. The fraction of sp³-hybridized carbons (Fsp3) is 0.310. The summed E-state index contributed by atoms with van der Waals surface area (Å²) >= 11 is 0. The Balaban J connectivity index is 2.08. The first-order valence-corrected chi connectivity index (χ1v) is 14.1. The maximum absolute atomic E-state index is 14.0. The Labute approximate surface area is 230 Å². The number of hydrogen-bond donors (Lipinski definition) is 1. The summed E-state index contributed by atoms with van der Waals surface area (Å²) in [6, 6.07) is 21.0. The minimum absolute atomic E-state index is 0.00557. The van der Waals surface area contributed by atoms with E-state index in [2.05, 4.69) is 5.32 Å². The van der Waals surface area contributed by atoms with Gasteiger partial charge in [0, 0.05) is 19.2 Å². The molecule has 3 rings (SSSR count). The van der Waals surface area contributed by atoms with Gasteiger partial charge in [-0.3, -0.25) is 13.9 Å². The zero-order valence-electron chi connectivity index (χ0n) is 22.7. The lowest BCUT2D eigenvalue weighted by Gasteiger charge is -2.32. The molecular formula is C29H35N3O6S. The molecule has 0 spiro atoms. The highest BCUT2D eigenvalue weighted by molar-refractivity contribution is 7.92. The molecule has 39 heavy (non-hydrogen) atoms. The quantitative estimate of drug-likeness (QED) is 0.345. The van der Waals surface area contributed by atoms with Crippen LogP contribution in [0.3, 0.4) is 0 Å². The third kappa shape index (κ3) is 7.29. The van der Waals surface area contributed by atoms with Crippen molar-refractivity contribution in [3.05, 3.63) is 84.4 Å². The molecule has 0 aliphatic carbocycles. The lowest BCUT2D eigenvalue weighted by Crippen LogP contribution is -2.51. The Morgan fingerprint density at radius 1 is 0.923 bits per heavy atom. The molecule has 0 aromatic heterocycles. The largest absolute Gasteiger partial charge is 0.497 e. The average molecular weight is 554 g/mol. The van der Waals surface area contributed by atoms with Crippen LogP contribution in [0, 0.1) is 0 Å². The molecule has 3 aromatic rings. The second-order valence-corrected chi connectivity index (χ2v) is 10.7. The smallest absolute Gasteiger partial charge is 0.264 e. The van der Waals surface area contributed by atoms with E-state index < -0.39 is 28.5 Å². The highest BCUT2D eigenvalue weighted by Crippen LogP contribution is 2.35. The topological polar surface area (TPSA) is 105 Å². The highest BCUT2D eigenvalue weighted by Gasteiger charge is 2.34. The Bertz CT molecular complexity index is 1350. The van der Waals surface area contributed by atoms with Gasteiger partial charge >= 0.3 is 0 Å². The summed E-state index contributed by atoms with van der Waals surface area (Å²) in [5.41, 5.74) is 0.939. The Kier molecular flexibility index (Phi) is 10.3. The van der Waals surface area contributed by atoms with Gasteiger partial charge in [-0.05, 0) is 43.2 Å². The van der Waals surface area contributed by atoms with Crippen molar-refractivity contribution in [1.29, 1.82) is 0 Å². The van der Waals surface area contributed by atoms with Gasteiger partial charge in [0.05, 0.1) is 24.8 Å². The first-order valence-electron chi connectivity index (χ1n) is 12.6. The molecule has 0 bridgehead atoms. The van der Waals surface area contributed by atoms with Gasteiger partial charge in [-0.1, -0.05) is 55.5 Å². The molecule has 0 saturated heterocycles. The third-order valence-corrected chi connectivity index (χ3v) is 7.95. The molecule has 2 amide bonds. The Morgan fingerprint density at radius 3 is 2.15 bits per heavy atom. The van der Waals surface area contributed by atoms with Crippen molar-refractivity contribution in [2.75, 3.05) is 31.6 Å². The molecule has 1 N–H and O–H groups in total. The van der Waals surface area contributed by atoms with E-state index in [1.54, 1.807) is 37.3 Å². The molecule has 0 heterocycles. The molecule has 0 radical (unpaired) electrons. The Hall–Kier alpha value is -4.05. The van der Waals surface area contributed by atoms with Gasteiger partial charge in [0.1, 0.15) is 24.1 Å². The molecule has 0 saturated carbocycles. The molecule has 10 heteroatoms. The van der Waals surface area contributed by atoms with E-state index in [4.69, 9.17) is 9.47 Å². The van der Waals surface area contributed by atoms with Gasteiger partial charge in [0.2, 0.25) is 11.8 Å². The van der Waals surface area contributed by atoms with Crippen LogP contribution in [-0.4, -0.2) is 58.5 Å². The Morgan fingerprint density at radius 2 is 1.56 bits per heavy atom. The van der Waals surface area contributed by atoms with Gasteiger partial charge in [-0.25, -0.2) is 8.42 Å². The molecule has 0 aliphatic rings. The fourth-order valence-electron chi connectivity index (χ4n) is 3.98. The third-order valence-electron chi connectivity index (χ3n) is 6.18. The van der Waals surface area contributed by atoms with E-state index in [0.29, 0.717) is 12.3 Å². The normalized spacial score (nSPS) is 11.8. The summed E-state index contributed by atoms with van der Waals surface area (Å²) in [6.45, 7) is 3.58. The molecular weight excluding hydrogens is 518 g/mol. The standard InChI is InChI=1S/C29H35N3O6S/c1-5-18-30-29(34)22(2)31(20-23-12-8-6-9-13-23)28(33)21-32(39(35,36)25-14-10-7-11-15-25)26-19-24(37-3)16-17-27(26)38-4/h6-17,19,22H,5,18,20-21H2,1-4H3,(H,30,34)/t22-/m0/s1. The van der Waals surface area contributed by atoms with Crippen LogP contribution in [0.15, 0.2) is 83.8 Å². The van der Waals surface area contributed by atoms with E-state index in [0.717, 1.165) is 16.3 Å². The molecule has 208 valence electrons. The fourth-order valence-corrected chi connectivity index (χ4v) is 5.42. The van der Waals surface area contributed by atoms with Gasteiger partial charge in [-0.15, -0.1) is 0 Å². The first-order chi connectivity index (χ1) is 18.7. The number of anilines is 1. The van der Waals surface area contributed by atoms with Crippen molar-refractivity contribution in [1.82, 2.24) is 10.2 Å². The van der Waals surface area contributed by atoms with E-state index in [1.807, 2.05) is 37.3 Å². The van der Waals surface area contributed by atoms with E-state index >= 15 is 0 Å². The number of hydrogen-bond acceptors (Lipinski definition) is 6. The van der Waals surface area contributed by atoms with Crippen molar-refractivity contribution in [3.63, 3.8) is 0 Å². The lowest BCUT2D eigenvalue weighted by atomic mass is 10.1. The van der Waals surface area contributed by atoms with E-state index in [1.165, 1.54) is 37.3 Å². The van der Waals surface area contributed by atoms with Crippen LogP contribution >= 0.6 is 0 Å². The minimum atomic E-state index is -4.22. The molecule has 0 fully saturated rings. The van der Waals surface area contributed by atoms with Crippen LogP contribution in [0.5, 0.6) is 11.5 Å². The zero-order valence-corrected chi connectivity index (χ0v) is 23.5. The summed E-state index contributed by atoms with van der Waals surface area (Å²) in [4.78, 5) is 28.3. The van der Waals surface area contributed by atoms with Crippen molar-refractivity contribution < 1.29 is 27.5 Å². The van der Waals surface area contributed by atoms with Crippen LogP contribution in [-0.2, 0) is 26.2 Å². The molecule has 9 nitrogen and oxygen atoms in total. The van der Waals surface area contributed by atoms with Crippen molar-refractivity contribution in [2.45, 2.75) is 37.8 Å². The van der Waals surface area contributed by atoms with Crippen LogP contribution in [0.1, 0.15) is 25.8 Å². The predicted molar refractivity (Wildman–Crippen MR) is 150 cm³/mol. The number of amides is 2. The number of rotatable bonds is 13. The van der Waals surface area contributed by atoms with Crippen LogP contribution in [0.25, 0.3) is 0 Å². The number of sulfonamides is 1. The first kappa shape index (κ1) is 29.5. The van der Waals surface area contributed by atoms with Crippen LogP contribution in [0.4, 0.5) is 5.69 Å². The van der Waals surface area contributed by atoms with E-state index in [-0.39, 0.29) is 28.8 Å². The number of carbonyl (C=O) groups excluding carboxylic acids is 2. The van der Waals surface area contributed by atoms with Gasteiger partial charge in [0.25, 0.3) is 10.0 Å². The van der Waals surface area contributed by atoms with Gasteiger partial charge in [-0.2, -0.15) is 0 Å². The number of carbonyl (C=O) groups is 2. The maximum atomic E-state index is 14.0. The summed E-state index contributed by atoms with van der Waals surface area (Å²) < 4.78 is 39.7. The summed E-state index contributed by atoms with van der Waals surface area (Å²) in [5.74, 6) is -0.244. The number of benzene rings is 3. The van der Waals surface area contributed by atoms with Gasteiger partial charge in [0.15, 0.2) is 0 Å². The SMILES string of the molecule is CCCNC(=O)[C@H](C)N(Cc1ccccc1)C(=O)CN(c1cc(OC)ccc1OC)S(=O)(=O)c1ccccc1. The average Bonchev–Trinajstić information content (AvgIpc) is 2.97. The number of methoxy groups -OCH3 is 2. The molecule has 3 aromatic carbocycles. The monoisotopic (exact) mass is 553 g/mol. The second-order valence-electron chi connectivity index (χ2n) is 8.84. The van der Waals surface area contributed by atoms with Crippen molar-refractivity contribution in [3.8, 4) is 11.5 Å². The van der Waals surface area contributed by atoms with Crippen LogP contribution in [0.2, 0.25) is 0 Å². The molecule has 0 aliphatic heterocycles. The molecule has 1 atom stereocenters. The second kappa shape index (κ2) is 13.7. The number of ether oxygens (including phenoxy) is 2. The summed E-state index contributed by atoms with van der Waals surface area (Å²) in [5, 5.41) is 2.83. The minimum Gasteiger partial charge on any atom is -0.497 e. The zero-order chi connectivity index (χ0) is 28.4. The maximum Gasteiger partial charge on any atom is 0.264 e. The summed E-state index contributed by atoms with van der Waals surface area (Å²) in [7, 11) is -1.34. The van der Waals surface area contributed by atoms with E-state index in [9.17, 15) is 18.0 Å². The molecule has 0 unspecified atom stereocenters. The summed E-state index contributed by atoms with van der Waals surface area (Å²) in [6.07, 6.45) is 0.740.